The molecule has 1 heteroatoms. The first-order valence-electron chi connectivity index (χ1n) is 7.37. The summed E-state index contributed by atoms with van der Waals surface area (Å²) in [6, 6.07) is 5.03. The van der Waals surface area contributed by atoms with E-state index in [1.807, 2.05) is 0 Å². The summed E-state index contributed by atoms with van der Waals surface area (Å²) in [5, 5.41) is 0. The average Bonchev–Trinajstić information content (AvgIpc) is 2.44. The van der Waals surface area contributed by atoms with Crippen molar-refractivity contribution in [3.05, 3.63) is 34.4 Å². The number of hydrogen-bond donors (Lipinski definition) is 1. The third-order valence-electron chi connectivity index (χ3n) is 4.47. The van der Waals surface area contributed by atoms with Crippen LogP contribution in [0, 0.1) is 5.41 Å². The standard InChI is InChI=1S/C17H27N/c1-5-12-9-14-7-8-17(3,4)11-16(18)15(14)10-13(12)6-2/h9-10,16H,5-8,11,18H2,1-4H3. The van der Waals surface area contributed by atoms with Gasteiger partial charge in [0.2, 0.25) is 0 Å². The summed E-state index contributed by atoms with van der Waals surface area (Å²) in [6.07, 6.45) is 5.80. The van der Waals surface area contributed by atoms with Crippen LogP contribution >= 0.6 is 0 Å². The van der Waals surface area contributed by atoms with Gasteiger partial charge in [-0.15, -0.1) is 0 Å². The third-order valence-corrected chi connectivity index (χ3v) is 4.47. The van der Waals surface area contributed by atoms with Gasteiger partial charge in [-0.3, -0.25) is 0 Å². The molecule has 0 saturated carbocycles. The molecule has 0 aromatic heterocycles. The fraction of sp³-hybridized carbons (Fsp3) is 0.647. The summed E-state index contributed by atoms with van der Waals surface area (Å²) in [7, 11) is 0. The van der Waals surface area contributed by atoms with E-state index in [1.54, 1.807) is 0 Å². The van der Waals surface area contributed by atoms with Crippen molar-refractivity contribution in [2.45, 2.75) is 65.8 Å². The topological polar surface area (TPSA) is 26.0 Å². The van der Waals surface area contributed by atoms with Crippen molar-refractivity contribution in [3.63, 3.8) is 0 Å². The number of fused-ring (bicyclic) bond motifs is 1. The predicted molar refractivity (Wildman–Crippen MR) is 78.8 cm³/mol. The molecule has 1 aliphatic rings. The van der Waals surface area contributed by atoms with Crippen LogP contribution in [-0.2, 0) is 19.3 Å². The third kappa shape index (κ3) is 2.61. The Morgan fingerprint density at radius 2 is 1.78 bits per heavy atom. The first kappa shape index (κ1) is 13.6. The van der Waals surface area contributed by atoms with E-state index >= 15 is 0 Å². The number of rotatable bonds is 2. The van der Waals surface area contributed by atoms with Gasteiger partial charge < -0.3 is 5.73 Å². The second-order valence-electron chi connectivity index (χ2n) is 6.50. The minimum atomic E-state index is 0.216. The smallest absolute Gasteiger partial charge is 0.0302 e. The molecule has 0 bridgehead atoms. The summed E-state index contributed by atoms with van der Waals surface area (Å²) in [5.74, 6) is 0. The van der Waals surface area contributed by atoms with Crippen LogP contribution in [0.4, 0.5) is 0 Å². The zero-order valence-corrected chi connectivity index (χ0v) is 12.3. The van der Waals surface area contributed by atoms with Gasteiger partial charge in [0.1, 0.15) is 0 Å². The zero-order chi connectivity index (χ0) is 13.3. The van der Waals surface area contributed by atoms with E-state index in [9.17, 15) is 0 Å². The highest BCUT2D eigenvalue weighted by molar-refractivity contribution is 5.41. The maximum absolute atomic E-state index is 6.44. The number of nitrogens with two attached hydrogens (primary N) is 1. The van der Waals surface area contributed by atoms with Crippen molar-refractivity contribution in [3.8, 4) is 0 Å². The Morgan fingerprint density at radius 1 is 1.17 bits per heavy atom. The lowest BCUT2D eigenvalue weighted by molar-refractivity contribution is 0.294. The Hall–Kier alpha value is -0.820. The lowest BCUT2D eigenvalue weighted by Crippen LogP contribution is -2.19. The molecule has 0 amide bonds. The van der Waals surface area contributed by atoms with E-state index in [4.69, 9.17) is 5.73 Å². The van der Waals surface area contributed by atoms with Gasteiger partial charge in [0.25, 0.3) is 0 Å². The second kappa shape index (κ2) is 5.05. The fourth-order valence-corrected chi connectivity index (χ4v) is 3.26. The van der Waals surface area contributed by atoms with Crippen molar-refractivity contribution >= 4 is 0 Å². The molecule has 0 fully saturated rings. The van der Waals surface area contributed by atoms with Crippen molar-refractivity contribution in [2.75, 3.05) is 0 Å². The quantitative estimate of drug-likeness (QED) is 0.777. The molecular weight excluding hydrogens is 218 g/mol. The summed E-state index contributed by atoms with van der Waals surface area (Å²) in [5.41, 5.74) is 12.7. The summed E-state index contributed by atoms with van der Waals surface area (Å²) in [4.78, 5) is 0. The first-order chi connectivity index (χ1) is 8.46. The van der Waals surface area contributed by atoms with Gasteiger partial charge in [-0.1, -0.05) is 39.8 Å². The highest BCUT2D eigenvalue weighted by atomic mass is 14.6. The van der Waals surface area contributed by atoms with Gasteiger partial charge in [0.15, 0.2) is 0 Å². The van der Waals surface area contributed by atoms with Gasteiger partial charge in [-0.25, -0.2) is 0 Å². The van der Waals surface area contributed by atoms with Crippen LogP contribution < -0.4 is 5.73 Å². The van der Waals surface area contributed by atoms with Gasteiger partial charge in [-0.2, -0.15) is 0 Å². The Bertz CT molecular complexity index is 431. The van der Waals surface area contributed by atoms with Crippen molar-refractivity contribution in [1.29, 1.82) is 0 Å². The Kier molecular flexibility index (Phi) is 3.82. The van der Waals surface area contributed by atoms with E-state index in [-0.39, 0.29) is 6.04 Å². The van der Waals surface area contributed by atoms with E-state index < -0.39 is 0 Å². The van der Waals surface area contributed by atoms with Gasteiger partial charge in [-0.05, 0) is 59.8 Å². The molecule has 0 aliphatic heterocycles. The molecule has 1 aliphatic carbocycles. The number of benzene rings is 1. The van der Waals surface area contributed by atoms with Crippen LogP contribution in [0.2, 0.25) is 0 Å². The summed E-state index contributed by atoms with van der Waals surface area (Å²) < 4.78 is 0. The van der Waals surface area contributed by atoms with Gasteiger partial charge >= 0.3 is 0 Å². The van der Waals surface area contributed by atoms with Crippen molar-refractivity contribution < 1.29 is 0 Å². The molecular formula is C17H27N. The molecule has 1 aromatic carbocycles. The van der Waals surface area contributed by atoms with E-state index in [0.717, 1.165) is 19.3 Å². The van der Waals surface area contributed by atoms with Crippen LogP contribution in [0.3, 0.4) is 0 Å². The minimum Gasteiger partial charge on any atom is -0.324 e. The highest BCUT2D eigenvalue weighted by Gasteiger charge is 2.27. The lowest BCUT2D eigenvalue weighted by Gasteiger charge is -2.24. The lowest BCUT2D eigenvalue weighted by atomic mass is 9.83. The number of hydrogen-bond acceptors (Lipinski definition) is 1. The van der Waals surface area contributed by atoms with Crippen LogP contribution in [0.25, 0.3) is 0 Å². The summed E-state index contributed by atoms with van der Waals surface area (Å²) >= 11 is 0. The Morgan fingerprint density at radius 3 is 2.39 bits per heavy atom. The molecule has 0 saturated heterocycles. The van der Waals surface area contributed by atoms with Crippen molar-refractivity contribution in [2.24, 2.45) is 11.1 Å². The van der Waals surface area contributed by atoms with Gasteiger partial charge in [0, 0.05) is 6.04 Å². The monoisotopic (exact) mass is 245 g/mol. The molecule has 1 aromatic rings. The fourth-order valence-electron chi connectivity index (χ4n) is 3.26. The largest absolute Gasteiger partial charge is 0.324 e. The molecule has 0 radical (unpaired) electrons. The second-order valence-corrected chi connectivity index (χ2v) is 6.50. The van der Waals surface area contributed by atoms with Crippen LogP contribution in [0.1, 0.15) is 68.8 Å². The SMILES string of the molecule is CCc1cc2c(cc1CC)C(N)CC(C)(C)CC2. The van der Waals surface area contributed by atoms with E-state index in [0.29, 0.717) is 5.41 Å². The van der Waals surface area contributed by atoms with Gasteiger partial charge in [0.05, 0.1) is 0 Å². The van der Waals surface area contributed by atoms with Crippen molar-refractivity contribution in [1.82, 2.24) is 0 Å². The van der Waals surface area contributed by atoms with E-state index in [2.05, 4.69) is 39.8 Å². The van der Waals surface area contributed by atoms with Crippen LogP contribution in [0.5, 0.6) is 0 Å². The summed E-state index contributed by atoms with van der Waals surface area (Å²) in [6.45, 7) is 9.19. The maximum atomic E-state index is 6.44. The molecule has 1 nitrogen and oxygen atoms in total. The predicted octanol–water partition coefficient (Wildman–Crippen LogP) is 4.17. The molecule has 100 valence electrons. The molecule has 1 atom stereocenters. The molecule has 2 N–H and O–H groups in total. The average molecular weight is 245 g/mol. The highest BCUT2D eigenvalue weighted by Crippen LogP contribution is 2.39. The molecule has 0 spiro atoms. The Labute approximate surface area is 112 Å². The van der Waals surface area contributed by atoms with E-state index in [1.165, 1.54) is 35.1 Å². The van der Waals surface area contributed by atoms with Crippen LogP contribution in [0.15, 0.2) is 12.1 Å². The molecule has 0 heterocycles. The molecule has 18 heavy (non-hydrogen) atoms. The first-order valence-corrected chi connectivity index (χ1v) is 7.37. The molecule has 1 unspecified atom stereocenters. The number of aryl methyl sites for hydroxylation is 3. The minimum absolute atomic E-state index is 0.216. The zero-order valence-electron chi connectivity index (χ0n) is 12.3. The molecule has 2 rings (SSSR count). The Balaban J connectivity index is 2.46. The van der Waals surface area contributed by atoms with Crippen LogP contribution in [-0.4, -0.2) is 0 Å². The normalized spacial score (nSPS) is 22.4. The maximum Gasteiger partial charge on any atom is 0.0302 e.